The van der Waals surface area contributed by atoms with Crippen molar-refractivity contribution in [2.75, 3.05) is 24.5 Å². The number of carbonyl (C=O) groups excluding carboxylic acids is 1. The van der Waals surface area contributed by atoms with Crippen molar-refractivity contribution in [2.45, 2.75) is 37.8 Å². The van der Waals surface area contributed by atoms with Gasteiger partial charge in [0.25, 0.3) is 0 Å². The lowest BCUT2D eigenvalue weighted by molar-refractivity contribution is -0.123. The first kappa shape index (κ1) is 15.4. The van der Waals surface area contributed by atoms with E-state index >= 15 is 0 Å². The molecule has 0 radical (unpaired) electrons. The van der Waals surface area contributed by atoms with Gasteiger partial charge < -0.3 is 10.6 Å². The first-order valence-electron chi connectivity index (χ1n) is 8.88. The average molecular weight is 324 g/mol. The Balaban J connectivity index is 1.44. The van der Waals surface area contributed by atoms with E-state index in [1.807, 2.05) is 12.1 Å². The number of nitrogens with zero attached hydrogens (tertiary/aromatic N) is 3. The summed E-state index contributed by atoms with van der Waals surface area (Å²) in [7, 11) is 0. The number of anilines is 1. The molecule has 2 N–H and O–H groups in total. The molecule has 0 bridgehead atoms. The van der Waals surface area contributed by atoms with Crippen LogP contribution in [0, 0.1) is 0 Å². The molecule has 0 saturated carbocycles. The molecule has 5 nitrogen and oxygen atoms in total. The molecular formula is C19H24N4O. The van der Waals surface area contributed by atoms with Gasteiger partial charge in [-0.15, -0.1) is 0 Å². The minimum absolute atomic E-state index is 0.0552. The average Bonchev–Trinajstić information content (AvgIpc) is 3.11. The van der Waals surface area contributed by atoms with Gasteiger partial charge >= 0.3 is 0 Å². The minimum atomic E-state index is -0.161. The van der Waals surface area contributed by atoms with Crippen LogP contribution in [-0.4, -0.2) is 47.5 Å². The lowest BCUT2D eigenvalue weighted by Gasteiger charge is -2.39. The highest BCUT2D eigenvalue weighted by Gasteiger charge is 2.35. The predicted octanol–water partition coefficient (Wildman–Crippen LogP) is 2.15. The van der Waals surface area contributed by atoms with E-state index in [1.54, 1.807) is 0 Å². The van der Waals surface area contributed by atoms with Crippen molar-refractivity contribution in [3.8, 4) is 0 Å². The van der Waals surface area contributed by atoms with Crippen molar-refractivity contribution >= 4 is 22.6 Å². The van der Waals surface area contributed by atoms with Crippen molar-refractivity contribution in [1.29, 1.82) is 0 Å². The van der Waals surface area contributed by atoms with Gasteiger partial charge in [-0.25, -0.2) is 4.98 Å². The molecule has 24 heavy (non-hydrogen) atoms. The molecule has 0 spiro atoms. The first-order chi connectivity index (χ1) is 11.7. The second kappa shape index (κ2) is 6.40. The maximum atomic E-state index is 11.6. The number of benzene rings is 1. The number of nitrogens with two attached hydrogens (primary N) is 1. The van der Waals surface area contributed by atoms with Gasteiger partial charge in [-0.2, -0.15) is 0 Å². The van der Waals surface area contributed by atoms with Crippen molar-refractivity contribution in [2.24, 2.45) is 5.73 Å². The lowest BCUT2D eigenvalue weighted by atomic mass is 10.0. The van der Waals surface area contributed by atoms with Crippen LogP contribution in [0.2, 0.25) is 0 Å². The number of hydrogen-bond acceptors (Lipinski definition) is 4. The van der Waals surface area contributed by atoms with Crippen LogP contribution in [-0.2, 0) is 4.79 Å². The number of amides is 1. The van der Waals surface area contributed by atoms with Gasteiger partial charge in [-0.05, 0) is 50.4 Å². The second-order valence-electron chi connectivity index (χ2n) is 6.88. The molecule has 126 valence electrons. The standard InChI is InChI=1S/C19H24N4O/c20-19(24)17-6-3-11-23(17)15-9-12-22(13-10-15)18-8-7-14-4-1-2-5-16(14)21-18/h1-2,4-5,7-8,15,17H,3,6,9-13H2,(H2,20,24). The number of rotatable bonds is 3. The Kier molecular flexibility index (Phi) is 4.10. The highest BCUT2D eigenvalue weighted by atomic mass is 16.1. The number of para-hydroxylation sites is 1. The van der Waals surface area contributed by atoms with Crippen molar-refractivity contribution in [3.05, 3.63) is 36.4 Å². The van der Waals surface area contributed by atoms with Gasteiger partial charge in [0.1, 0.15) is 5.82 Å². The maximum Gasteiger partial charge on any atom is 0.234 e. The summed E-state index contributed by atoms with van der Waals surface area (Å²) < 4.78 is 0. The Morgan fingerprint density at radius 3 is 2.62 bits per heavy atom. The predicted molar refractivity (Wildman–Crippen MR) is 95.9 cm³/mol. The first-order valence-corrected chi connectivity index (χ1v) is 8.88. The summed E-state index contributed by atoms with van der Waals surface area (Å²) in [6, 6.07) is 12.9. The van der Waals surface area contributed by atoms with E-state index in [4.69, 9.17) is 10.7 Å². The van der Waals surface area contributed by atoms with Crippen molar-refractivity contribution in [3.63, 3.8) is 0 Å². The van der Waals surface area contributed by atoms with Crippen molar-refractivity contribution in [1.82, 2.24) is 9.88 Å². The van der Waals surface area contributed by atoms with Crippen LogP contribution in [0.5, 0.6) is 0 Å². The molecule has 0 aliphatic carbocycles. The van der Waals surface area contributed by atoms with E-state index in [-0.39, 0.29) is 11.9 Å². The summed E-state index contributed by atoms with van der Waals surface area (Å²) in [5, 5.41) is 1.18. The largest absolute Gasteiger partial charge is 0.368 e. The number of likely N-dealkylation sites (tertiary alicyclic amines) is 1. The van der Waals surface area contributed by atoms with Gasteiger partial charge in [-0.3, -0.25) is 9.69 Å². The molecule has 2 fully saturated rings. The fourth-order valence-corrected chi connectivity index (χ4v) is 4.19. The Bertz CT molecular complexity index is 739. The zero-order chi connectivity index (χ0) is 16.5. The fourth-order valence-electron chi connectivity index (χ4n) is 4.19. The molecule has 5 heteroatoms. The van der Waals surface area contributed by atoms with Gasteiger partial charge in [0, 0.05) is 24.5 Å². The lowest BCUT2D eigenvalue weighted by Crippen LogP contribution is -2.50. The Morgan fingerprint density at radius 2 is 1.83 bits per heavy atom. The monoisotopic (exact) mass is 324 g/mol. The number of primary amides is 1. The number of aromatic nitrogens is 1. The van der Waals surface area contributed by atoms with Crippen LogP contribution in [0.4, 0.5) is 5.82 Å². The van der Waals surface area contributed by atoms with E-state index in [2.05, 4.69) is 34.1 Å². The Hall–Kier alpha value is -2.14. The number of piperidine rings is 1. The normalized spacial score (nSPS) is 23.0. The Morgan fingerprint density at radius 1 is 1.04 bits per heavy atom. The van der Waals surface area contributed by atoms with Gasteiger partial charge in [0.15, 0.2) is 0 Å². The molecule has 2 aliphatic rings. The third-order valence-electron chi connectivity index (χ3n) is 5.46. The smallest absolute Gasteiger partial charge is 0.234 e. The third kappa shape index (κ3) is 2.84. The number of hydrogen-bond donors (Lipinski definition) is 1. The molecule has 1 aromatic carbocycles. The SMILES string of the molecule is NC(=O)C1CCCN1C1CCN(c2ccc3ccccc3n2)CC1. The molecule has 1 aromatic heterocycles. The summed E-state index contributed by atoms with van der Waals surface area (Å²) in [6.07, 6.45) is 4.14. The highest BCUT2D eigenvalue weighted by molar-refractivity contribution is 5.80. The molecule has 2 aromatic rings. The van der Waals surface area contributed by atoms with Crippen LogP contribution < -0.4 is 10.6 Å². The van der Waals surface area contributed by atoms with Crippen LogP contribution >= 0.6 is 0 Å². The summed E-state index contributed by atoms with van der Waals surface area (Å²) in [5.74, 6) is 0.895. The molecular weight excluding hydrogens is 300 g/mol. The molecule has 2 saturated heterocycles. The van der Waals surface area contributed by atoms with Gasteiger partial charge in [-0.1, -0.05) is 18.2 Å². The van der Waals surface area contributed by atoms with Crippen LogP contribution in [0.15, 0.2) is 36.4 Å². The van der Waals surface area contributed by atoms with Crippen LogP contribution in [0.25, 0.3) is 10.9 Å². The summed E-state index contributed by atoms with van der Waals surface area (Å²) >= 11 is 0. The van der Waals surface area contributed by atoms with Crippen LogP contribution in [0.3, 0.4) is 0 Å². The number of carbonyl (C=O) groups is 1. The van der Waals surface area contributed by atoms with E-state index < -0.39 is 0 Å². The zero-order valence-electron chi connectivity index (χ0n) is 13.9. The highest BCUT2D eigenvalue weighted by Crippen LogP contribution is 2.28. The number of fused-ring (bicyclic) bond motifs is 1. The van der Waals surface area contributed by atoms with E-state index in [1.165, 1.54) is 5.39 Å². The summed E-state index contributed by atoms with van der Waals surface area (Å²) in [4.78, 5) is 21.1. The van der Waals surface area contributed by atoms with E-state index in [9.17, 15) is 4.79 Å². The summed E-state index contributed by atoms with van der Waals surface area (Å²) in [5.41, 5.74) is 6.61. The maximum absolute atomic E-state index is 11.6. The Labute approximate surface area is 142 Å². The fraction of sp³-hybridized carbons (Fsp3) is 0.474. The van der Waals surface area contributed by atoms with Gasteiger partial charge in [0.2, 0.25) is 5.91 Å². The van der Waals surface area contributed by atoms with Crippen LogP contribution in [0.1, 0.15) is 25.7 Å². The van der Waals surface area contributed by atoms with Crippen molar-refractivity contribution < 1.29 is 4.79 Å². The molecule has 1 atom stereocenters. The third-order valence-corrected chi connectivity index (χ3v) is 5.46. The van der Waals surface area contributed by atoms with Gasteiger partial charge in [0.05, 0.1) is 11.6 Å². The molecule has 1 amide bonds. The molecule has 2 aliphatic heterocycles. The quantitative estimate of drug-likeness (QED) is 0.940. The molecule has 3 heterocycles. The topological polar surface area (TPSA) is 62.5 Å². The number of pyridine rings is 1. The zero-order valence-corrected chi connectivity index (χ0v) is 13.9. The van der Waals surface area contributed by atoms with E-state index in [0.717, 1.165) is 56.7 Å². The minimum Gasteiger partial charge on any atom is -0.368 e. The molecule has 1 unspecified atom stereocenters. The van der Waals surface area contributed by atoms with E-state index in [0.29, 0.717) is 6.04 Å². The molecule has 4 rings (SSSR count). The second-order valence-corrected chi connectivity index (χ2v) is 6.88. The summed E-state index contributed by atoms with van der Waals surface area (Å²) in [6.45, 7) is 2.97.